The fourth-order valence-electron chi connectivity index (χ4n) is 1.02. The second-order valence-electron chi connectivity index (χ2n) is 2.68. The molecule has 0 fully saturated rings. The zero-order chi connectivity index (χ0) is 7.72. The van der Waals surface area contributed by atoms with Gasteiger partial charge < -0.3 is 4.90 Å². The lowest BCUT2D eigenvalue weighted by molar-refractivity contribution is -0.127. The van der Waals surface area contributed by atoms with Crippen LogP contribution in [0.3, 0.4) is 0 Å². The number of hydrogen-bond donors (Lipinski definition) is 0. The van der Waals surface area contributed by atoms with Crippen LogP contribution in [0.25, 0.3) is 0 Å². The molecule has 3 nitrogen and oxygen atoms in total. The molecule has 0 aliphatic carbocycles. The van der Waals surface area contributed by atoms with E-state index in [1.165, 1.54) is 0 Å². The normalized spacial score (nSPS) is 26.7. The number of nitrogens with zero attached hydrogens (tertiary/aromatic N) is 2. The van der Waals surface area contributed by atoms with Crippen molar-refractivity contribution in [3.05, 3.63) is 0 Å². The molecule has 1 aliphatic heterocycles. The smallest absolute Gasteiger partial charge is 0.229 e. The fraction of sp³-hybridized carbons (Fsp3) is 0.714. The molecule has 10 heavy (non-hydrogen) atoms. The summed E-state index contributed by atoms with van der Waals surface area (Å²) in [6, 6.07) is 0.170. The summed E-state index contributed by atoms with van der Waals surface area (Å²) in [5.41, 5.74) is 0. The number of amides is 1. The summed E-state index contributed by atoms with van der Waals surface area (Å²) >= 11 is 0. The van der Waals surface area contributed by atoms with E-state index in [1.54, 1.807) is 11.9 Å². The van der Waals surface area contributed by atoms with Gasteiger partial charge in [-0.25, -0.2) is 0 Å². The highest BCUT2D eigenvalue weighted by atomic mass is 16.2. The van der Waals surface area contributed by atoms with Gasteiger partial charge in [-0.15, -0.1) is 0 Å². The predicted molar refractivity (Wildman–Crippen MR) is 40.0 cm³/mol. The largest absolute Gasteiger partial charge is 0.304 e. The van der Waals surface area contributed by atoms with Crippen LogP contribution in [0.1, 0.15) is 20.3 Å². The lowest BCUT2D eigenvalue weighted by atomic mass is 10.2. The van der Waals surface area contributed by atoms with Crippen LogP contribution < -0.4 is 0 Å². The molecule has 1 unspecified atom stereocenters. The summed E-state index contributed by atoms with van der Waals surface area (Å²) in [5, 5.41) is 0. The van der Waals surface area contributed by atoms with E-state index in [0.29, 0.717) is 6.42 Å². The highest BCUT2D eigenvalue weighted by Crippen LogP contribution is 2.08. The molecule has 0 bridgehead atoms. The topological polar surface area (TPSA) is 32.7 Å². The Kier molecular flexibility index (Phi) is 1.74. The zero-order valence-corrected chi connectivity index (χ0v) is 6.59. The van der Waals surface area contributed by atoms with Crippen LogP contribution >= 0.6 is 0 Å². The second-order valence-corrected chi connectivity index (χ2v) is 2.68. The molecule has 0 aromatic heterocycles. The van der Waals surface area contributed by atoms with Crippen molar-refractivity contribution < 1.29 is 4.79 Å². The molecule has 1 aliphatic rings. The predicted octanol–water partition coefficient (Wildman–Crippen LogP) is 0.655. The molecule has 0 N–H and O–H groups in total. The van der Waals surface area contributed by atoms with Crippen LogP contribution in [0.15, 0.2) is 4.99 Å². The van der Waals surface area contributed by atoms with Crippen molar-refractivity contribution in [2.24, 2.45) is 4.99 Å². The Hall–Kier alpha value is -0.860. The summed E-state index contributed by atoms with van der Waals surface area (Å²) in [6.45, 7) is 3.81. The van der Waals surface area contributed by atoms with Crippen LogP contribution in [0.4, 0.5) is 0 Å². The van der Waals surface area contributed by atoms with Gasteiger partial charge in [0.15, 0.2) is 0 Å². The van der Waals surface area contributed by atoms with Gasteiger partial charge in [0.2, 0.25) is 5.91 Å². The van der Waals surface area contributed by atoms with Crippen LogP contribution in [0, 0.1) is 0 Å². The van der Waals surface area contributed by atoms with Gasteiger partial charge in [0.1, 0.15) is 5.84 Å². The molecule has 0 spiro atoms. The van der Waals surface area contributed by atoms with Gasteiger partial charge in [0.05, 0.1) is 6.04 Å². The first-order chi connectivity index (χ1) is 4.61. The highest BCUT2D eigenvalue weighted by molar-refractivity contribution is 5.98. The van der Waals surface area contributed by atoms with Crippen molar-refractivity contribution in [1.29, 1.82) is 0 Å². The number of rotatable bonds is 0. The molecule has 0 aromatic carbocycles. The third-order valence-electron chi connectivity index (χ3n) is 1.74. The van der Waals surface area contributed by atoms with E-state index in [4.69, 9.17) is 0 Å². The lowest BCUT2D eigenvalue weighted by Gasteiger charge is -2.23. The van der Waals surface area contributed by atoms with E-state index in [0.717, 1.165) is 5.84 Å². The Morgan fingerprint density at radius 2 is 2.30 bits per heavy atom. The van der Waals surface area contributed by atoms with Crippen LogP contribution in [0.5, 0.6) is 0 Å². The number of carbonyl (C=O) groups excluding carboxylic acids is 1. The minimum absolute atomic E-state index is 0.167. The molecule has 1 atom stereocenters. The molecule has 0 saturated heterocycles. The maximum absolute atomic E-state index is 11.1. The summed E-state index contributed by atoms with van der Waals surface area (Å²) < 4.78 is 0. The minimum Gasteiger partial charge on any atom is -0.304 e. The van der Waals surface area contributed by atoms with Gasteiger partial charge in [0, 0.05) is 13.5 Å². The van der Waals surface area contributed by atoms with Crippen molar-refractivity contribution in [1.82, 2.24) is 4.90 Å². The minimum atomic E-state index is 0.167. The highest BCUT2D eigenvalue weighted by Gasteiger charge is 2.19. The van der Waals surface area contributed by atoms with Gasteiger partial charge in [-0.3, -0.25) is 9.79 Å². The van der Waals surface area contributed by atoms with E-state index >= 15 is 0 Å². The van der Waals surface area contributed by atoms with Crippen molar-refractivity contribution in [3.8, 4) is 0 Å². The SMILES string of the molecule is CC1=NC(C)CC(=O)N1C. The molecule has 0 radical (unpaired) electrons. The first-order valence-corrected chi connectivity index (χ1v) is 3.42. The Morgan fingerprint density at radius 1 is 1.70 bits per heavy atom. The first-order valence-electron chi connectivity index (χ1n) is 3.42. The average molecular weight is 140 g/mol. The molecular formula is C7H12N2O. The van der Waals surface area contributed by atoms with Gasteiger partial charge in [-0.2, -0.15) is 0 Å². The quantitative estimate of drug-likeness (QED) is 0.486. The Balaban J connectivity index is 2.81. The van der Waals surface area contributed by atoms with E-state index in [2.05, 4.69) is 4.99 Å². The summed E-state index contributed by atoms with van der Waals surface area (Å²) in [7, 11) is 1.76. The molecule has 1 heterocycles. The average Bonchev–Trinajstić information content (AvgIpc) is 1.82. The summed E-state index contributed by atoms with van der Waals surface area (Å²) in [6.07, 6.45) is 0.549. The van der Waals surface area contributed by atoms with Crippen LogP contribution in [0.2, 0.25) is 0 Å². The monoisotopic (exact) mass is 140 g/mol. The third kappa shape index (κ3) is 1.17. The molecule has 1 amide bonds. The molecular weight excluding hydrogens is 128 g/mol. The first kappa shape index (κ1) is 7.25. The van der Waals surface area contributed by atoms with Gasteiger partial charge in [-0.05, 0) is 13.8 Å². The van der Waals surface area contributed by atoms with Crippen molar-refractivity contribution >= 4 is 11.7 Å². The van der Waals surface area contributed by atoms with Crippen LogP contribution in [-0.2, 0) is 4.79 Å². The standard InChI is InChI=1S/C7H12N2O/c1-5-4-7(10)9(3)6(2)8-5/h5H,4H2,1-3H3. The Bertz CT molecular complexity index is 186. The fourth-order valence-corrected chi connectivity index (χ4v) is 1.02. The Labute approximate surface area is 60.7 Å². The molecule has 0 aromatic rings. The van der Waals surface area contributed by atoms with Gasteiger partial charge in [-0.1, -0.05) is 0 Å². The van der Waals surface area contributed by atoms with Crippen molar-refractivity contribution in [3.63, 3.8) is 0 Å². The lowest BCUT2D eigenvalue weighted by Crippen LogP contribution is -2.37. The number of carbonyl (C=O) groups is 1. The third-order valence-corrected chi connectivity index (χ3v) is 1.74. The molecule has 1 rings (SSSR count). The van der Waals surface area contributed by atoms with E-state index in [1.807, 2.05) is 13.8 Å². The molecule has 3 heteroatoms. The van der Waals surface area contributed by atoms with Gasteiger partial charge >= 0.3 is 0 Å². The molecule has 56 valence electrons. The summed E-state index contributed by atoms with van der Waals surface area (Å²) in [4.78, 5) is 16.9. The summed E-state index contributed by atoms with van der Waals surface area (Å²) in [5.74, 6) is 0.990. The Morgan fingerprint density at radius 3 is 2.80 bits per heavy atom. The van der Waals surface area contributed by atoms with Crippen molar-refractivity contribution in [2.45, 2.75) is 26.3 Å². The van der Waals surface area contributed by atoms with E-state index in [-0.39, 0.29) is 11.9 Å². The number of aliphatic imine (C=N–C) groups is 1. The van der Waals surface area contributed by atoms with E-state index in [9.17, 15) is 4.79 Å². The maximum Gasteiger partial charge on any atom is 0.229 e. The zero-order valence-electron chi connectivity index (χ0n) is 6.59. The second kappa shape index (κ2) is 2.40. The van der Waals surface area contributed by atoms with E-state index < -0.39 is 0 Å². The molecule has 0 saturated carbocycles. The maximum atomic E-state index is 11.1. The number of hydrogen-bond acceptors (Lipinski definition) is 2. The van der Waals surface area contributed by atoms with Gasteiger partial charge in [0.25, 0.3) is 0 Å². The van der Waals surface area contributed by atoms with Crippen LogP contribution in [-0.4, -0.2) is 29.7 Å². The number of amidine groups is 1. The van der Waals surface area contributed by atoms with Crippen molar-refractivity contribution in [2.75, 3.05) is 7.05 Å².